The van der Waals surface area contributed by atoms with Crippen LogP contribution in [0.3, 0.4) is 0 Å². The van der Waals surface area contributed by atoms with Crippen molar-refractivity contribution < 1.29 is 5.11 Å². The fraction of sp³-hybridized carbons (Fsp3) is 0.923. The summed E-state index contributed by atoms with van der Waals surface area (Å²) in [5.74, 6) is 1.27. The van der Waals surface area contributed by atoms with Crippen LogP contribution in [0.1, 0.15) is 41.0 Å². The molecular formula is C13H26N2OS. The van der Waals surface area contributed by atoms with Gasteiger partial charge in [0, 0.05) is 17.9 Å². The van der Waals surface area contributed by atoms with E-state index in [9.17, 15) is 5.26 Å². The first-order chi connectivity index (χ1) is 7.83. The smallest absolute Gasteiger partial charge is 0.105 e. The highest BCUT2D eigenvalue weighted by Gasteiger charge is 2.27. The molecule has 3 atom stereocenters. The van der Waals surface area contributed by atoms with Gasteiger partial charge in [-0.25, -0.2) is 0 Å². The Balaban J connectivity index is 4.15. The van der Waals surface area contributed by atoms with Gasteiger partial charge in [-0.3, -0.25) is 5.32 Å². The molecule has 3 unspecified atom stereocenters. The van der Waals surface area contributed by atoms with Crippen LogP contribution in [0.25, 0.3) is 0 Å². The predicted molar refractivity (Wildman–Crippen MR) is 75.1 cm³/mol. The minimum absolute atomic E-state index is 0.236. The molecule has 0 aromatic rings. The molecule has 0 saturated carbocycles. The SMILES string of the molecule is CC(CO)CSC(C)CC(C)(C#N)NC(C)C. The van der Waals surface area contributed by atoms with Crippen molar-refractivity contribution in [1.29, 1.82) is 5.26 Å². The average Bonchev–Trinajstić information content (AvgIpc) is 2.24. The molecule has 0 spiro atoms. The largest absolute Gasteiger partial charge is 0.396 e. The van der Waals surface area contributed by atoms with Crippen LogP contribution in [0, 0.1) is 17.2 Å². The maximum absolute atomic E-state index is 9.24. The van der Waals surface area contributed by atoms with E-state index in [0.717, 1.165) is 12.2 Å². The van der Waals surface area contributed by atoms with Crippen molar-refractivity contribution in [3.63, 3.8) is 0 Å². The Bertz CT molecular complexity index is 252. The number of hydrogen-bond acceptors (Lipinski definition) is 4. The van der Waals surface area contributed by atoms with E-state index >= 15 is 0 Å². The topological polar surface area (TPSA) is 56.0 Å². The van der Waals surface area contributed by atoms with Gasteiger partial charge in [-0.05, 0) is 38.9 Å². The highest BCUT2D eigenvalue weighted by Crippen LogP contribution is 2.23. The van der Waals surface area contributed by atoms with E-state index in [-0.39, 0.29) is 6.61 Å². The molecule has 0 aliphatic carbocycles. The third-order valence-corrected chi connectivity index (χ3v) is 4.02. The highest BCUT2D eigenvalue weighted by atomic mass is 32.2. The van der Waals surface area contributed by atoms with Gasteiger partial charge >= 0.3 is 0 Å². The first kappa shape index (κ1) is 16.8. The second kappa shape index (κ2) is 7.97. The maximum Gasteiger partial charge on any atom is 0.105 e. The molecule has 0 aliphatic heterocycles. The lowest BCUT2D eigenvalue weighted by molar-refractivity contribution is 0.250. The molecular weight excluding hydrogens is 232 g/mol. The molecule has 0 heterocycles. The van der Waals surface area contributed by atoms with E-state index in [1.807, 2.05) is 25.6 Å². The Morgan fingerprint density at radius 1 is 1.35 bits per heavy atom. The number of hydrogen-bond donors (Lipinski definition) is 2. The van der Waals surface area contributed by atoms with Gasteiger partial charge in [-0.15, -0.1) is 0 Å². The number of rotatable bonds is 8. The van der Waals surface area contributed by atoms with E-state index in [4.69, 9.17) is 5.11 Å². The lowest BCUT2D eigenvalue weighted by atomic mass is 9.97. The fourth-order valence-electron chi connectivity index (χ4n) is 1.79. The molecule has 0 aromatic heterocycles. The summed E-state index contributed by atoms with van der Waals surface area (Å²) in [6.07, 6.45) is 0.824. The summed E-state index contributed by atoms with van der Waals surface area (Å²) in [7, 11) is 0. The van der Waals surface area contributed by atoms with Crippen molar-refractivity contribution >= 4 is 11.8 Å². The van der Waals surface area contributed by atoms with Crippen LogP contribution in [-0.4, -0.2) is 34.3 Å². The van der Waals surface area contributed by atoms with Crippen molar-refractivity contribution in [1.82, 2.24) is 5.32 Å². The van der Waals surface area contributed by atoms with Crippen molar-refractivity contribution in [3.05, 3.63) is 0 Å². The first-order valence-corrected chi connectivity index (χ1v) is 7.29. The normalized spacial score (nSPS) is 18.5. The van der Waals surface area contributed by atoms with Gasteiger partial charge in [0.05, 0.1) is 6.07 Å². The number of nitriles is 1. The number of nitrogens with zero attached hydrogens (tertiary/aromatic N) is 1. The number of aliphatic hydroxyl groups is 1. The lowest BCUT2D eigenvalue weighted by Crippen LogP contribution is -2.46. The fourth-order valence-corrected chi connectivity index (χ4v) is 3.00. The van der Waals surface area contributed by atoms with Crippen LogP contribution in [-0.2, 0) is 0 Å². The minimum atomic E-state index is -0.455. The lowest BCUT2D eigenvalue weighted by Gasteiger charge is -2.28. The Morgan fingerprint density at radius 3 is 2.35 bits per heavy atom. The Labute approximate surface area is 110 Å². The van der Waals surface area contributed by atoms with Crippen LogP contribution >= 0.6 is 11.8 Å². The van der Waals surface area contributed by atoms with Gasteiger partial charge in [0.25, 0.3) is 0 Å². The summed E-state index contributed by atoms with van der Waals surface area (Å²) in [5, 5.41) is 21.9. The molecule has 17 heavy (non-hydrogen) atoms. The van der Waals surface area contributed by atoms with E-state index < -0.39 is 5.54 Å². The molecule has 0 aliphatic rings. The van der Waals surface area contributed by atoms with Crippen LogP contribution in [0.2, 0.25) is 0 Å². The van der Waals surface area contributed by atoms with Crippen molar-refractivity contribution in [3.8, 4) is 6.07 Å². The van der Waals surface area contributed by atoms with Gasteiger partial charge in [0.15, 0.2) is 0 Å². The van der Waals surface area contributed by atoms with E-state index in [0.29, 0.717) is 17.2 Å². The summed E-state index contributed by atoms with van der Waals surface area (Å²) in [4.78, 5) is 0. The summed E-state index contributed by atoms with van der Waals surface area (Å²) < 4.78 is 0. The monoisotopic (exact) mass is 258 g/mol. The molecule has 0 saturated heterocycles. The Morgan fingerprint density at radius 2 is 1.94 bits per heavy atom. The first-order valence-electron chi connectivity index (χ1n) is 6.24. The molecule has 0 fully saturated rings. The van der Waals surface area contributed by atoms with E-state index in [1.54, 1.807) is 0 Å². The minimum Gasteiger partial charge on any atom is -0.396 e. The molecule has 100 valence electrons. The Kier molecular flexibility index (Phi) is 7.85. The van der Waals surface area contributed by atoms with Gasteiger partial charge in [-0.1, -0.05) is 13.8 Å². The molecule has 0 radical (unpaired) electrons. The number of aliphatic hydroxyl groups excluding tert-OH is 1. The molecule has 2 N–H and O–H groups in total. The molecule has 3 nitrogen and oxygen atoms in total. The second-order valence-electron chi connectivity index (χ2n) is 5.38. The van der Waals surface area contributed by atoms with Gasteiger partial charge < -0.3 is 5.11 Å². The second-order valence-corrected chi connectivity index (χ2v) is 6.85. The summed E-state index contributed by atoms with van der Waals surface area (Å²) in [5.41, 5.74) is -0.455. The molecule has 4 heteroatoms. The zero-order chi connectivity index (χ0) is 13.5. The molecule has 0 bridgehead atoms. The third kappa shape index (κ3) is 7.64. The Hall–Kier alpha value is -0.240. The standard InChI is InChI=1S/C13H26N2OS/c1-10(2)15-13(5,9-14)6-12(4)17-8-11(3)7-16/h10-12,15-16H,6-8H2,1-5H3. The van der Waals surface area contributed by atoms with E-state index in [1.165, 1.54) is 0 Å². The highest BCUT2D eigenvalue weighted by molar-refractivity contribution is 7.99. The van der Waals surface area contributed by atoms with E-state index in [2.05, 4.69) is 32.2 Å². The van der Waals surface area contributed by atoms with Crippen molar-refractivity contribution in [2.45, 2.75) is 57.9 Å². The quantitative estimate of drug-likeness (QED) is 0.702. The van der Waals surface area contributed by atoms with Crippen LogP contribution < -0.4 is 5.32 Å². The van der Waals surface area contributed by atoms with Crippen LogP contribution in [0.15, 0.2) is 0 Å². The van der Waals surface area contributed by atoms with Gasteiger partial charge in [-0.2, -0.15) is 17.0 Å². The summed E-state index contributed by atoms with van der Waals surface area (Å²) in [6, 6.07) is 2.68. The average molecular weight is 258 g/mol. The van der Waals surface area contributed by atoms with Crippen molar-refractivity contribution in [2.24, 2.45) is 5.92 Å². The van der Waals surface area contributed by atoms with Crippen molar-refractivity contribution in [2.75, 3.05) is 12.4 Å². The number of nitrogens with one attached hydrogen (secondary N) is 1. The molecule has 0 rings (SSSR count). The maximum atomic E-state index is 9.24. The van der Waals surface area contributed by atoms with Gasteiger partial charge in [0.2, 0.25) is 0 Å². The molecule has 0 aromatic carbocycles. The van der Waals surface area contributed by atoms with Crippen LogP contribution in [0.4, 0.5) is 0 Å². The summed E-state index contributed by atoms with van der Waals surface area (Å²) in [6.45, 7) is 10.5. The van der Waals surface area contributed by atoms with Gasteiger partial charge in [0.1, 0.15) is 5.54 Å². The zero-order valence-corrected chi connectivity index (χ0v) is 12.5. The zero-order valence-electron chi connectivity index (χ0n) is 11.7. The molecule has 0 amide bonds. The predicted octanol–water partition coefficient (Wildman–Crippen LogP) is 2.41. The summed E-state index contributed by atoms with van der Waals surface area (Å²) >= 11 is 1.83. The van der Waals surface area contributed by atoms with Crippen LogP contribution in [0.5, 0.6) is 0 Å². The third-order valence-electron chi connectivity index (χ3n) is 2.53. The number of thioether (sulfide) groups is 1.